The molecule has 0 amide bonds. The van der Waals surface area contributed by atoms with Gasteiger partial charge in [0.2, 0.25) is 0 Å². The van der Waals surface area contributed by atoms with Crippen molar-refractivity contribution < 1.29 is 8.78 Å². The maximum atomic E-state index is 11.9. The first-order valence-corrected chi connectivity index (χ1v) is 4.41. The van der Waals surface area contributed by atoms with Gasteiger partial charge < -0.3 is 5.32 Å². The molecule has 0 fully saturated rings. The summed E-state index contributed by atoms with van der Waals surface area (Å²) in [6, 6.07) is 5.73. The Labute approximate surface area is 81.8 Å². The average Bonchev–Trinajstić information content (AvgIpc) is 2.15. The van der Waals surface area contributed by atoms with Crippen LogP contribution in [-0.4, -0.2) is 6.55 Å². The Kier molecular flexibility index (Phi) is 3.63. The van der Waals surface area contributed by atoms with E-state index < -0.39 is 6.55 Å². The van der Waals surface area contributed by atoms with E-state index in [9.17, 15) is 8.78 Å². The molecule has 0 radical (unpaired) electrons. The average molecular weight is 197 g/mol. The van der Waals surface area contributed by atoms with E-state index in [0.29, 0.717) is 0 Å². The molecule has 0 atom stereocenters. The fraction of sp³-hybridized carbons (Fsp3) is 0.273. The van der Waals surface area contributed by atoms with Crippen LogP contribution in [0.5, 0.6) is 0 Å². The van der Waals surface area contributed by atoms with Crippen molar-refractivity contribution in [3.8, 4) is 0 Å². The molecular weight excluding hydrogens is 184 g/mol. The molecule has 76 valence electrons. The molecule has 0 aliphatic heterocycles. The summed E-state index contributed by atoms with van der Waals surface area (Å²) in [4.78, 5) is 0. The van der Waals surface area contributed by atoms with Gasteiger partial charge in [0, 0.05) is 6.20 Å². The fourth-order valence-corrected chi connectivity index (χ4v) is 1.23. The molecule has 0 bridgehead atoms. The maximum absolute atomic E-state index is 11.9. The molecular formula is C11H13F2N. The maximum Gasteiger partial charge on any atom is 0.312 e. The Balaban J connectivity index is 3.18. The Morgan fingerprint density at radius 3 is 2.57 bits per heavy atom. The van der Waals surface area contributed by atoms with Crippen LogP contribution in [0.1, 0.15) is 12.5 Å². The highest BCUT2D eigenvalue weighted by atomic mass is 19.3. The number of nitrogens with one attached hydrogen (secondary N) is 1. The molecule has 0 aliphatic rings. The van der Waals surface area contributed by atoms with Crippen molar-refractivity contribution in [3.63, 3.8) is 0 Å². The highest BCUT2D eigenvalue weighted by molar-refractivity contribution is 5.31. The van der Waals surface area contributed by atoms with E-state index in [-0.39, 0.29) is 0 Å². The number of aryl methyl sites for hydroxylation is 1. The number of hydrogen-bond acceptors (Lipinski definition) is 1. The zero-order valence-corrected chi connectivity index (χ0v) is 8.22. The molecule has 1 N–H and O–H groups in total. The highest BCUT2D eigenvalue weighted by Gasteiger charge is 1.94. The molecule has 0 aromatic heterocycles. The van der Waals surface area contributed by atoms with E-state index in [1.54, 1.807) is 0 Å². The molecule has 1 aromatic carbocycles. The van der Waals surface area contributed by atoms with E-state index in [0.717, 1.165) is 16.0 Å². The predicted molar refractivity (Wildman–Crippen MR) is 54.2 cm³/mol. The van der Waals surface area contributed by atoms with Crippen molar-refractivity contribution in [1.82, 2.24) is 5.32 Å². The van der Waals surface area contributed by atoms with Crippen molar-refractivity contribution in [2.75, 3.05) is 0 Å². The van der Waals surface area contributed by atoms with Gasteiger partial charge in [-0.15, -0.1) is 0 Å². The third kappa shape index (κ3) is 2.83. The molecule has 1 nitrogen and oxygen atoms in total. The van der Waals surface area contributed by atoms with Crippen LogP contribution in [0, 0.1) is 6.92 Å². The Morgan fingerprint density at radius 2 is 2.00 bits per heavy atom. The second-order valence-electron chi connectivity index (χ2n) is 3.03. The van der Waals surface area contributed by atoms with Crippen LogP contribution in [0.3, 0.4) is 0 Å². The van der Waals surface area contributed by atoms with Gasteiger partial charge in [0.1, 0.15) is 0 Å². The quantitative estimate of drug-likeness (QED) is 0.706. The van der Waals surface area contributed by atoms with Crippen LogP contribution in [0.4, 0.5) is 8.78 Å². The summed E-state index contributed by atoms with van der Waals surface area (Å²) < 4.78 is 23.8. The van der Waals surface area contributed by atoms with Crippen molar-refractivity contribution in [2.45, 2.75) is 20.4 Å². The minimum atomic E-state index is -2.51. The molecule has 1 aromatic rings. The monoisotopic (exact) mass is 197 g/mol. The van der Waals surface area contributed by atoms with Gasteiger partial charge in [0.05, 0.1) is 0 Å². The lowest BCUT2D eigenvalue weighted by atomic mass is 10.2. The highest BCUT2D eigenvalue weighted by Crippen LogP contribution is 1.87. The zero-order chi connectivity index (χ0) is 10.6. The molecule has 0 spiro atoms. The van der Waals surface area contributed by atoms with Gasteiger partial charge in [-0.1, -0.05) is 23.8 Å². The number of alkyl halides is 2. The van der Waals surface area contributed by atoms with Gasteiger partial charge in [0.25, 0.3) is 0 Å². The summed E-state index contributed by atoms with van der Waals surface area (Å²) in [6.45, 7) is 1.30. The number of hydrogen-bond donors (Lipinski definition) is 1. The minimum Gasteiger partial charge on any atom is -0.336 e. The van der Waals surface area contributed by atoms with Gasteiger partial charge in [-0.25, -0.2) is 0 Å². The van der Waals surface area contributed by atoms with Crippen LogP contribution in [0.15, 0.2) is 18.2 Å². The van der Waals surface area contributed by atoms with Crippen molar-refractivity contribution in [1.29, 1.82) is 0 Å². The lowest BCUT2D eigenvalue weighted by Gasteiger charge is -1.98. The summed E-state index contributed by atoms with van der Waals surface area (Å²) in [7, 11) is 0. The molecule has 3 heteroatoms. The summed E-state index contributed by atoms with van der Waals surface area (Å²) >= 11 is 0. The molecule has 0 unspecified atom stereocenters. The molecule has 0 saturated heterocycles. The van der Waals surface area contributed by atoms with Gasteiger partial charge >= 0.3 is 6.55 Å². The van der Waals surface area contributed by atoms with Crippen molar-refractivity contribution in [3.05, 3.63) is 34.2 Å². The lowest BCUT2D eigenvalue weighted by molar-refractivity contribution is 0.131. The van der Waals surface area contributed by atoms with E-state index in [2.05, 4.69) is 0 Å². The third-order valence-corrected chi connectivity index (χ3v) is 1.92. The summed E-state index contributed by atoms with van der Waals surface area (Å²) in [6.07, 6.45) is 3.23. The molecule has 0 heterocycles. The molecule has 14 heavy (non-hydrogen) atoms. The first kappa shape index (κ1) is 10.7. The largest absolute Gasteiger partial charge is 0.336 e. The Morgan fingerprint density at radius 1 is 1.29 bits per heavy atom. The third-order valence-electron chi connectivity index (χ3n) is 1.92. The van der Waals surface area contributed by atoms with Crippen molar-refractivity contribution >= 4 is 12.3 Å². The fourth-order valence-electron chi connectivity index (χ4n) is 1.23. The predicted octanol–water partition coefficient (Wildman–Crippen LogP) is 1.35. The van der Waals surface area contributed by atoms with Crippen LogP contribution < -0.4 is 15.8 Å². The molecule has 1 rings (SSSR count). The SMILES string of the molecule is C/C=c1\ccc(C)c\c1=C\NC(F)F. The second-order valence-corrected chi connectivity index (χ2v) is 3.03. The first-order chi connectivity index (χ1) is 6.63. The second kappa shape index (κ2) is 4.74. The smallest absolute Gasteiger partial charge is 0.312 e. The first-order valence-electron chi connectivity index (χ1n) is 4.41. The van der Waals surface area contributed by atoms with E-state index in [1.807, 2.05) is 43.4 Å². The summed E-state index contributed by atoms with van der Waals surface area (Å²) in [5.41, 5.74) is 1.05. The van der Waals surface area contributed by atoms with E-state index in [4.69, 9.17) is 0 Å². The number of halogens is 2. The summed E-state index contributed by atoms with van der Waals surface area (Å²) in [5, 5.41) is 3.72. The van der Waals surface area contributed by atoms with E-state index >= 15 is 0 Å². The molecule has 0 aliphatic carbocycles. The molecule has 0 saturated carbocycles. The van der Waals surface area contributed by atoms with Crippen LogP contribution in [0.2, 0.25) is 0 Å². The topological polar surface area (TPSA) is 12.0 Å². The Hall–Kier alpha value is -1.38. The van der Waals surface area contributed by atoms with Crippen LogP contribution in [0.25, 0.3) is 12.3 Å². The van der Waals surface area contributed by atoms with E-state index in [1.165, 1.54) is 6.20 Å². The Bertz CT molecular complexity index is 410. The van der Waals surface area contributed by atoms with Crippen molar-refractivity contribution in [2.24, 2.45) is 0 Å². The standard InChI is InChI=1S/C11H13F2N/c1-3-9-5-4-8(2)6-10(9)7-14-11(12)13/h3-7,11,14H,1-2H3/b9-3+,10-7-. The van der Waals surface area contributed by atoms with Crippen LogP contribution >= 0.6 is 0 Å². The lowest BCUT2D eigenvalue weighted by Crippen LogP contribution is -2.28. The zero-order valence-electron chi connectivity index (χ0n) is 8.22. The van der Waals surface area contributed by atoms with Crippen LogP contribution in [-0.2, 0) is 0 Å². The number of rotatable bonds is 2. The minimum absolute atomic E-state index is 0.785. The normalized spacial score (nSPS) is 13.8. The van der Waals surface area contributed by atoms with Gasteiger partial charge in [0.15, 0.2) is 0 Å². The van der Waals surface area contributed by atoms with Gasteiger partial charge in [-0.3, -0.25) is 0 Å². The number of benzene rings is 1. The van der Waals surface area contributed by atoms with Gasteiger partial charge in [-0.2, -0.15) is 8.78 Å². The summed E-state index contributed by atoms with van der Waals surface area (Å²) in [5.74, 6) is 0. The van der Waals surface area contributed by atoms with Gasteiger partial charge in [-0.05, 0) is 30.4 Å².